The fraction of sp³-hybridized carbons (Fsp3) is 0.571. The van der Waals surface area contributed by atoms with Gasteiger partial charge in [-0.3, -0.25) is 9.35 Å². The average molecular weight is 705 g/mol. The van der Waals surface area contributed by atoms with Gasteiger partial charge in [-0.05, 0) is 81.2 Å². The van der Waals surface area contributed by atoms with E-state index in [1.54, 1.807) is 6.08 Å². The van der Waals surface area contributed by atoms with Gasteiger partial charge in [0.15, 0.2) is 11.8 Å². The first-order chi connectivity index (χ1) is 23.1. The number of nitrogens with one attached hydrogen (secondary N) is 1. The van der Waals surface area contributed by atoms with Crippen LogP contribution in [0.5, 0.6) is 0 Å². The van der Waals surface area contributed by atoms with Gasteiger partial charge >= 0.3 is 0 Å². The number of hydrogen-bond acceptors (Lipinski definition) is 4. The molecule has 7 nitrogen and oxygen atoms in total. The zero-order chi connectivity index (χ0) is 37.3. The lowest BCUT2D eigenvalue weighted by Gasteiger charge is -2.39. The van der Waals surface area contributed by atoms with Crippen molar-refractivity contribution in [2.45, 2.75) is 113 Å². The van der Waals surface area contributed by atoms with Crippen LogP contribution in [-0.4, -0.2) is 54.8 Å². The van der Waals surface area contributed by atoms with Crippen molar-refractivity contribution < 1.29 is 22.3 Å². The van der Waals surface area contributed by atoms with E-state index < -0.39 is 10.1 Å². The largest absolute Gasteiger partial charge is 0.356 e. The van der Waals surface area contributed by atoms with Gasteiger partial charge in [-0.1, -0.05) is 90.5 Å². The summed E-state index contributed by atoms with van der Waals surface area (Å²) in [6.45, 7) is 26.5. The molecule has 2 unspecified atom stereocenters. The van der Waals surface area contributed by atoms with Gasteiger partial charge in [0.2, 0.25) is 5.91 Å². The standard InChI is InChI=1S/C42H61N3O4S/c1-12-44-34-24-22-30(2)27-32(34)41(8,9)36(44)19-15-13-16-20-37-42(10,11)33-28-31(50(47,48)49)23-25-35(33)45(37)26-18-14-17-21-38(46)43-29-40(6,7)39(3,4)5/h13,15-16,19-20,22-25,27-28,33,35H,12,14,17-18,21,26,29H2,1-11H3,(H-,43,46,47,48,49)/p+1. The first-order valence-electron chi connectivity index (χ1n) is 18.4. The highest BCUT2D eigenvalue weighted by molar-refractivity contribution is 7.90. The van der Waals surface area contributed by atoms with Crippen molar-refractivity contribution in [2.75, 3.05) is 24.5 Å². The third-order valence-electron chi connectivity index (χ3n) is 11.8. The second-order valence-corrected chi connectivity index (χ2v) is 18.5. The summed E-state index contributed by atoms with van der Waals surface area (Å²) in [7, 11) is -4.31. The van der Waals surface area contributed by atoms with Crippen LogP contribution in [0.25, 0.3) is 0 Å². The predicted octanol–water partition coefficient (Wildman–Crippen LogP) is 8.68. The number of likely N-dealkylation sites (N-methyl/N-ethyl adjacent to an activating group) is 1. The molecule has 0 saturated carbocycles. The molecule has 3 aliphatic rings. The molecular weight excluding hydrogens is 643 g/mol. The molecule has 1 aromatic carbocycles. The van der Waals surface area contributed by atoms with Gasteiger partial charge in [0, 0.05) is 48.8 Å². The molecule has 0 fully saturated rings. The highest BCUT2D eigenvalue weighted by atomic mass is 32.2. The van der Waals surface area contributed by atoms with Gasteiger partial charge in [-0.15, -0.1) is 0 Å². The third kappa shape index (κ3) is 8.28. The summed E-state index contributed by atoms with van der Waals surface area (Å²) < 4.78 is 36.4. The highest BCUT2D eigenvalue weighted by Gasteiger charge is 2.53. The minimum absolute atomic E-state index is 0.00123. The summed E-state index contributed by atoms with van der Waals surface area (Å²) in [6, 6.07) is 6.68. The maximum absolute atomic E-state index is 12.6. The second kappa shape index (κ2) is 14.8. The van der Waals surface area contributed by atoms with E-state index in [2.05, 4.69) is 140 Å². The monoisotopic (exact) mass is 704 g/mol. The van der Waals surface area contributed by atoms with Gasteiger partial charge in [0.25, 0.3) is 10.1 Å². The van der Waals surface area contributed by atoms with Crippen LogP contribution >= 0.6 is 0 Å². The minimum Gasteiger partial charge on any atom is -0.356 e. The Morgan fingerprint density at radius 2 is 1.74 bits per heavy atom. The summed E-state index contributed by atoms with van der Waals surface area (Å²) in [5.74, 6) is -0.0201. The van der Waals surface area contributed by atoms with E-state index >= 15 is 0 Å². The van der Waals surface area contributed by atoms with Gasteiger partial charge in [-0.25, -0.2) is 4.58 Å². The molecular formula is C42H62N3O4S+. The molecule has 1 aromatic rings. The van der Waals surface area contributed by atoms with Crippen LogP contribution < -0.4 is 10.2 Å². The molecule has 0 saturated heterocycles. The summed E-state index contributed by atoms with van der Waals surface area (Å²) in [5, 5.41) is 3.14. The van der Waals surface area contributed by atoms with Crippen molar-refractivity contribution in [2.24, 2.45) is 22.2 Å². The van der Waals surface area contributed by atoms with Gasteiger partial charge < -0.3 is 10.2 Å². The summed E-state index contributed by atoms with van der Waals surface area (Å²) >= 11 is 0. The Morgan fingerprint density at radius 3 is 2.38 bits per heavy atom. The molecule has 1 aliphatic carbocycles. The Balaban J connectivity index is 1.50. The SMILES string of the molecule is CCN1\C(=C/C=C/C=C/C2=[N+](CCCCCC(=O)NCC(C)(C)C(C)(C)C)C3C=CC(S(=O)(=O)O)=CC3C2(C)C)C(C)(C)c2cc(C)ccc21. The Morgan fingerprint density at radius 1 is 1.04 bits per heavy atom. The quantitative estimate of drug-likeness (QED) is 0.0929. The zero-order valence-electron chi connectivity index (χ0n) is 32.4. The third-order valence-corrected chi connectivity index (χ3v) is 12.7. The average Bonchev–Trinajstić information content (AvgIpc) is 3.36. The Kier molecular flexibility index (Phi) is 11.7. The van der Waals surface area contributed by atoms with E-state index in [1.807, 2.05) is 6.08 Å². The van der Waals surface area contributed by atoms with Crippen molar-refractivity contribution in [3.05, 3.63) is 88.5 Å². The number of fused-ring (bicyclic) bond motifs is 2. The molecule has 2 atom stereocenters. The van der Waals surface area contributed by atoms with Gasteiger partial charge in [-0.2, -0.15) is 8.42 Å². The van der Waals surface area contributed by atoms with Crippen LogP contribution in [0.4, 0.5) is 5.69 Å². The number of amides is 1. The molecule has 1 amide bonds. The summed E-state index contributed by atoms with van der Waals surface area (Å²) in [4.78, 5) is 15.0. The van der Waals surface area contributed by atoms with E-state index in [1.165, 1.54) is 28.6 Å². The number of aryl methyl sites for hydroxylation is 1. The van der Waals surface area contributed by atoms with Crippen molar-refractivity contribution in [1.29, 1.82) is 0 Å². The topological polar surface area (TPSA) is 89.7 Å². The van der Waals surface area contributed by atoms with Crippen LogP contribution in [-0.2, 0) is 20.3 Å². The number of hydrogen-bond donors (Lipinski definition) is 2. The highest BCUT2D eigenvalue weighted by Crippen LogP contribution is 2.48. The lowest BCUT2D eigenvalue weighted by molar-refractivity contribution is -0.550. The normalized spacial score (nSPS) is 22.5. The van der Waals surface area contributed by atoms with E-state index in [9.17, 15) is 17.8 Å². The predicted molar refractivity (Wildman–Crippen MR) is 208 cm³/mol. The number of benzene rings is 1. The molecule has 4 rings (SSSR count). The van der Waals surface area contributed by atoms with Crippen molar-refractivity contribution >= 4 is 27.4 Å². The van der Waals surface area contributed by atoms with E-state index in [0.29, 0.717) is 13.0 Å². The number of allylic oxidation sites excluding steroid dienone is 7. The van der Waals surface area contributed by atoms with Crippen LogP contribution in [0.1, 0.15) is 106 Å². The summed E-state index contributed by atoms with van der Waals surface area (Å²) in [5.41, 5.74) is 5.91. The number of rotatable bonds is 13. The van der Waals surface area contributed by atoms with Crippen molar-refractivity contribution in [1.82, 2.24) is 5.32 Å². The smallest absolute Gasteiger partial charge is 0.294 e. The van der Waals surface area contributed by atoms with Crippen LogP contribution in [0.3, 0.4) is 0 Å². The Bertz CT molecular complexity index is 1750. The molecule has 0 aromatic heterocycles. The molecule has 2 heterocycles. The zero-order valence-corrected chi connectivity index (χ0v) is 33.2. The van der Waals surface area contributed by atoms with Crippen LogP contribution in [0, 0.1) is 29.1 Å². The number of anilines is 1. The van der Waals surface area contributed by atoms with E-state index in [-0.39, 0.29) is 44.4 Å². The molecule has 50 heavy (non-hydrogen) atoms. The molecule has 0 spiro atoms. The number of carbonyl (C=O) groups excluding carboxylic acids is 1. The maximum Gasteiger partial charge on any atom is 0.294 e. The fourth-order valence-corrected chi connectivity index (χ4v) is 8.00. The molecule has 2 aliphatic heterocycles. The van der Waals surface area contributed by atoms with Gasteiger partial charge in [0.1, 0.15) is 6.54 Å². The van der Waals surface area contributed by atoms with E-state index in [4.69, 9.17) is 0 Å². The second-order valence-electron chi connectivity index (χ2n) is 17.1. The maximum atomic E-state index is 12.6. The number of unbranched alkanes of at least 4 members (excludes halogenated alkanes) is 2. The molecule has 2 N–H and O–H groups in total. The van der Waals surface area contributed by atoms with Crippen LogP contribution in [0.2, 0.25) is 0 Å². The first-order valence-corrected chi connectivity index (χ1v) is 19.8. The summed E-state index contributed by atoms with van der Waals surface area (Å²) in [6.07, 6.45) is 18.9. The van der Waals surface area contributed by atoms with Crippen LogP contribution in [0.15, 0.2) is 77.4 Å². The number of nitrogens with zero attached hydrogens (tertiary/aromatic N) is 2. The molecule has 8 heteroatoms. The van der Waals surface area contributed by atoms with Gasteiger partial charge in [0.05, 0.1) is 16.2 Å². The molecule has 274 valence electrons. The lowest BCUT2D eigenvalue weighted by Crippen LogP contribution is -2.41. The first kappa shape index (κ1) is 39.6. The number of carbonyl (C=O) groups is 1. The Labute approximate surface area is 302 Å². The lowest BCUT2D eigenvalue weighted by atomic mass is 9.69. The molecule has 0 radical (unpaired) electrons. The van der Waals surface area contributed by atoms with E-state index in [0.717, 1.165) is 38.1 Å². The van der Waals surface area contributed by atoms with Crippen molar-refractivity contribution in [3.8, 4) is 0 Å². The fourth-order valence-electron chi connectivity index (χ4n) is 7.44. The van der Waals surface area contributed by atoms with Crippen molar-refractivity contribution in [3.63, 3.8) is 0 Å². The Hall–Kier alpha value is -3.23. The molecule has 0 bridgehead atoms. The minimum atomic E-state index is -4.31.